The third-order valence-corrected chi connectivity index (χ3v) is 3.92. The number of amides is 2. The number of rotatable bonds is 3. The van der Waals surface area contributed by atoms with Crippen molar-refractivity contribution in [2.45, 2.75) is 16.6 Å². The van der Waals surface area contributed by atoms with Crippen molar-refractivity contribution in [1.82, 2.24) is 4.90 Å². The molecule has 2 amide bonds. The van der Waals surface area contributed by atoms with Crippen LogP contribution in [0.2, 0.25) is 0 Å². The molecular weight excluding hydrogens is 254 g/mol. The normalized spacial score (nSPS) is 19.4. The van der Waals surface area contributed by atoms with Gasteiger partial charge in [-0.25, -0.2) is 4.79 Å². The van der Waals surface area contributed by atoms with Crippen molar-refractivity contribution < 1.29 is 19.5 Å². The van der Waals surface area contributed by atoms with Crippen LogP contribution in [0.1, 0.15) is 16.8 Å². The molecule has 6 heteroatoms. The molecule has 18 heavy (non-hydrogen) atoms. The molecular formula is C12H11NO4S. The molecule has 0 spiro atoms. The molecule has 0 aromatic heterocycles. The molecule has 1 atom stereocenters. The fourth-order valence-electron chi connectivity index (χ4n) is 1.65. The Labute approximate surface area is 108 Å². The van der Waals surface area contributed by atoms with E-state index in [2.05, 4.69) is 0 Å². The van der Waals surface area contributed by atoms with Crippen molar-refractivity contribution in [3.63, 3.8) is 0 Å². The first kappa shape index (κ1) is 12.6. The Bertz CT molecular complexity index is 511. The smallest absolute Gasteiger partial charge is 0.335 e. The molecule has 0 saturated carbocycles. The lowest BCUT2D eigenvalue weighted by Crippen LogP contribution is -2.26. The van der Waals surface area contributed by atoms with Crippen molar-refractivity contribution in [3.8, 4) is 0 Å². The van der Waals surface area contributed by atoms with Crippen LogP contribution in [0.5, 0.6) is 0 Å². The molecule has 5 nitrogen and oxygen atoms in total. The fourth-order valence-corrected chi connectivity index (χ4v) is 2.76. The summed E-state index contributed by atoms with van der Waals surface area (Å²) < 4.78 is 0. The highest BCUT2D eigenvalue weighted by Crippen LogP contribution is 2.30. The van der Waals surface area contributed by atoms with E-state index in [1.807, 2.05) is 0 Å². The second-order valence-corrected chi connectivity index (χ2v) is 5.21. The summed E-state index contributed by atoms with van der Waals surface area (Å²) in [6, 6.07) is 6.25. The van der Waals surface area contributed by atoms with E-state index >= 15 is 0 Å². The molecule has 1 fully saturated rings. The highest BCUT2D eigenvalue weighted by Gasteiger charge is 2.36. The SMILES string of the molecule is CN1C(=O)CC(Sc2ccc(C(=O)O)cc2)C1=O. The van der Waals surface area contributed by atoms with Crippen LogP contribution in [-0.4, -0.2) is 40.1 Å². The molecule has 1 aromatic carbocycles. The monoisotopic (exact) mass is 265 g/mol. The Morgan fingerprint density at radius 2 is 1.94 bits per heavy atom. The predicted octanol–water partition coefficient (Wildman–Crippen LogP) is 1.23. The van der Waals surface area contributed by atoms with Gasteiger partial charge >= 0.3 is 5.97 Å². The first-order valence-corrected chi connectivity index (χ1v) is 6.17. The first-order valence-electron chi connectivity index (χ1n) is 5.29. The van der Waals surface area contributed by atoms with Crippen molar-refractivity contribution in [3.05, 3.63) is 29.8 Å². The van der Waals surface area contributed by atoms with Gasteiger partial charge in [-0.3, -0.25) is 14.5 Å². The molecule has 0 radical (unpaired) electrons. The number of aromatic carboxylic acids is 1. The van der Waals surface area contributed by atoms with E-state index in [1.165, 1.54) is 30.9 Å². The second-order valence-electron chi connectivity index (χ2n) is 3.93. The number of carboxylic acid groups (broad SMARTS) is 1. The van der Waals surface area contributed by atoms with Gasteiger partial charge in [0.1, 0.15) is 0 Å². The summed E-state index contributed by atoms with van der Waals surface area (Å²) in [6.45, 7) is 0. The quantitative estimate of drug-likeness (QED) is 0.832. The molecule has 0 aliphatic carbocycles. The lowest BCUT2D eigenvalue weighted by molar-refractivity contribution is -0.136. The molecule has 1 saturated heterocycles. The molecule has 0 bridgehead atoms. The van der Waals surface area contributed by atoms with Crippen LogP contribution in [0.25, 0.3) is 0 Å². The maximum atomic E-state index is 11.7. The van der Waals surface area contributed by atoms with Gasteiger partial charge in [0.05, 0.1) is 10.8 Å². The number of hydrogen-bond acceptors (Lipinski definition) is 4. The van der Waals surface area contributed by atoms with Crippen molar-refractivity contribution >= 4 is 29.5 Å². The van der Waals surface area contributed by atoms with E-state index in [1.54, 1.807) is 12.1 Å². The molecule has 1 aliphatic rings. The zero-order valence-electron chi connectivity index (χ0n) is 9.62. The Balaban J connectivity index is 2.08. The molecule has 1 N–H and O–H groups in total. The highest BCUT2D eigenvalue weighted by atomic mass is 32.2. The topological polar surface area (TPSA) is 74.7 Å². The number of carboxylic acids is 1. The summed E-state index contributed by atoms with van der Waals surface area (Å²) in [5.74, 6) is -1.37. The standard InChI is InChI=1S/C12H11NO4S/c1-13-10(14)6-9(11(13)15)18-8-4-2-7(3-5-8)12(16)17/h2-5,9H,6H2,1H3,(H,16,17). The summed E-state index contributed by atoms with van der Waals surface area (Å²) in [7, 11) is 1.47. The van der Waals surface area contributed by atoms with Gasteiger partial charge in [-0.05, 0) is 24.3 Å². The van der Waals surface area contributed by atoms with Crippen molar-refractivity contribution in [1.29, 1.82) is 0 Å². The third-order valence-electron chi connectivity index (χ3n) is 2.72. The Kier molecular flexibility index (Phi) is 3.38. The van der Waals surface area contributed by atoms with Crippen molar-refractivity contribution in [2.24, 2.45) is 0 Å². The minimum atomic E-state index is -0.988. The number of benzene rings is 1. The number of hydrogen-bond donors (Lipinski definition) is 1. The number of thioether (sulfide) groups is 1. The molecule has 1 aromatic rings. The average molecular weight is 265 g/mol. The second kappa shape index (κ2) is 4.81. The lowest BCUT2D eigenvalue weighted by Gasteiger charge is -2.08. The van der Waals surface area contributed by atoms with Crippen LogP contribution >= 0.6 is 11.8 Å². The molecule has 1 heterocycles. The van der Waals surface area contributed by atoms with E-state index in [0.717, 1.165) is 9.80 Å². The van der Waals surface area contributed by atoms with E-state index in [0.29, 0.717) is 0 Å². The number of carbonyl (C=O) groups excluding carboxylic acids is 2. The number of nitrogens with zero attached hydrogens (tertiary/aromatic N) is 1. The Hall–Kier alpha value is -1.82. The molecule has 1 aliphatic heterocycles. The minimum absolute atomic E-state index is 0.181. The Morgan fingerprint density at radius 1 is 1.33 bits per heavy atom. The largest absolute Gasteiger partial charge is 0.478 e. The zero-order chi connectivity index (χ0) is 13.3. The highest BCUT2D eigenvalue weighted by molar-refractivity contribution is 8.00. The zero-order valence-corrected chi connectivity index (χ0v) is 10.4. The molecule has 1 unspecified atom stereocenters. The summed E-state index contributed by atoms with van der Waals surface area (Å²) in [5, 5.41) is 8.35. The van der Waals surface area contributed by atoms with Crippen molar-refractivity contribution in [2.75, 3.05) is 7.05 Å². The van der Waals surface area contributed by atoms with Gasteiger partial charge in [0.2, 0.25) is 11.8 Å². The van der Waals surface area contributed by atoms with Gasteiger partial charge in [0.25, 0.3) is 0 Å². The van der Waals surface area contributed by atoms with Gasteiger partial charge in [-0.2, -0.15) is 0 Å². The van der Waals surface area contributed by atoms with Gasteiger partial charge < -0.3 is 5.11 Å². The van der Waals surface area contributed by atoms with E-state index in [9.17, 15) is 14.4 Å². The minimum Gasteiger partial charge on any atom is -0.478 e. The van der Waals surface area contributed by atoms with Gasteiger partial charge in [-0.15, -0.1) is 11.8 Å². The first-order chi connectivity index (χ1) is 8.49. The van der Waals surface area contributed by atoms with Gasteiger partial charge in [0.15, 0.2) is 0 Å². The van der Waals surface area contributed by atoms with Crippen LogP contribution in [0.3, 0.4) is 0 Å². The summed E-state index contributed by atoms with van der Waals surface area (Å²) in [5.41, 5.74) is 0.199. The Morgan fingerprint density at radius 3 is 2.39 bits per heavy atom. The predicted molar refractivity (Wildman–Crippen MR) is 65.4 cm³/mol. The number of imide groups is 1. The molecule has 94 valence electrons. The number of likely N-dealkylation sites (tertiary alicyclic amines) is 1. The van der Waals surface area contributed by atoms with E-state index < -0.39 is 11.2 Å². The van der Waals surface area contributed by atoms with Crippen LogP contribution in [-0.2, 0) is 9.59 Å². The maximum absolute atomic E-state index is 11.7. The summed E-state index contributed by atoms with van der Waals surface area (Å²) in [6.07, 6.45) is 0.195. The van der Waals surface area contributed by atoms with Crippen LogP contribution in [0, 0.1) is 0 Å². The lowest BCUT2D eigenvalue weighted by atomic mass is 10.2. The summed E-state index contributed by atoms with van der Waals surface area (Å²) >= 11 is 1.28. The van der Waals surface area contributed by atoms with E-state index in [-0.39, 0.29) is 23.8 Å². The third kappa shape index (κ3) is 2.38. The van der Waals surface area contributed by atoms with E-state index in [4.69, 9.17) is 5.11 Å². The molecule has 2 rings (SSSR count). The van der Waals surface area contributed by atoms with Gasteiger partial charge in [0, 0.05) is 18.4 Å². The fraction of sp³-hybridized carbons (Fsp3) is 0.250. The average Bonchev–Trinajstić information content (AvgIpc) is 2.58. The number of carbonyl (C=O) groups is 3. The van der Waals surface area contributed by atoms with Gasteiger partial charge in [-0.1, -0.05) is 0 Å². The summed E-state index contributed by atoms with van der Waals surface area (Å²) in [4.78, 5) is 35.6. The maximum Gasteiger partial charge on any atom is 0.335 e. The van der Waals surface area contributed by atoms with Crippen LogP contribution < -0.4 is 0 Å². The van der Waals surface area contributed by atoms with Crippen LogP contribution in [0.15, 0.2) is 29.2 Å². The van der Waals surface area contributed by atoms with Crippen LogP contribution in [0.4, 0.5) is 0 Å².